The van der Waals surface area contributed by atoms with Crippen LogP contribution in [0.3, 0.4) is 0 Å². The maximum absolute atomic E-state index is 14.2. The van der Waals surface area contributed by atoms with Crippen LogP contribution >= 0.6 is 0 Å². The van der Waals surface area contributed by atoms with Crippen LogP contribution in [-0.4, -0.2) is 59.9 Å². The number of carbonyl (C=O) groups is 1. The molecule has 0 aromatic carbocycles. The van der Waals surface area contributed by atoms with Gasteiger partial charge in [0.25, 0.3) is 0 Å². The molecule has 0 aromatic rings. The van der Waals surface area contributed by atoms with Gasteiger partial charge in [0, 0.05) is 0 Å². The van der Waals surface area contributed by atoms with Crippen LogP contribution in [0.5, 0.6) is 0 Å². The maximum atomic E-state index is 14.2. The third-order valence-corrected chi connectivity index (χ3v) is 3.85. The molecule has 0 saturated heterocycles. The average Bonchev–Trinajstić information content (AvgIpc) is 2.57. The van der Waals surface area contributed by atoms with Crippen LogP contribution in [0.1, 0.15) is 27.2 Å². The highest BCUT2D eigenvalue weighted by atomic mass is 19.4. The second-order valence-corrected chi connectivity index (χ2v) is 7.00. The van der Waals surface area contributed by atoms with Crippen molar-refractivity contribution in [3.63, 3.8) is 0 Å². The molecule has 0 unspecified atom stereocenters. The molecule has 0 bridgehead atoms. The van der Waals surface area contributed by atoms with Crippen molar-refractivity contribution in [2.75, 3.05) is 0 Å². The van der Waals surface area contributed by atoms with Gasteiger partial charge in [0.05, 0.1) is 0 Å². The predicted molar refractivity (Wildman–Crippen MR) is 73.3 cm³/mol. The number of hydrogen-bond donors (Lipinski definition) is 0. The molecule has 2 atom stereocenters. The summed E-state index contributed by atoms with van der Waals surface area (Å²) in [6.45, 7) is 2.37. The van der Waals surface area contributed by atoms with Gasteiger partial charge >= 0.3 is 54.3 Å². The number of rotatable bonds is 9. The number of alkyl halides is 17. The first-order chi connectivity index (χ1) is 14.9. The van der Waals surface area contributed by atoms with E-state index >= 15 is 0 Å². The zero-order valence-corrected chi connectivity index (χ0v) is 16.8. The van der Waals surface area contributed by atoms with E-state index in [0.717, 1.165) is 6.92 Å². The Kier molecular flexibility index (Phi) is 8.48. The third-order valence-electron chi connectivity index (χ3n) is 3.85. The van der Waals surface area contributed by atoms with E-state index in [1.165, 1.54) is 4.74 Å². The van der Waals surface area contributed by atoms with Crippen LogP contribution in [0.4, 0.5) is 74.6 Å². The van der Waals surface area contributed by atoms with Crippen molar-refractivity contribution >= 4 is 5.97 Å². The number of hydrogen-bond acceptors (Lipinski definition) is 4. The lowest BCUT2D eigenvalue weighted by Gasteiger charge is -2.40. The van der Waals surface area contributed by atoms with E-state index in [2.05, 4.69) is 4.74 Å². The summed E-state index contributed by atoms with van der Waals surface area (Å²) in [7, 11) is 0. The molecule has 210 valence electrons. The first kappa shape index (κ1) is 33.2. The zero-order chi connectivity index (χ0) is 28.9. The van der Waals surface area contributed by atoms with Crippen LogP contribution in [0.15, 0.2) is 0 Å². The fourth-order valence-corrected chi connectivity index (χ4v) is 1.53. The van der Waals surface area contributed by atoms with Gasteiger partial charge in [0.2, 0.25) is 0 Å². The standard InChI is InChI=1S/C14H11F17O4/c1-4-6(2,3)33-5(32)7(15,10(19,20)21)34-14(30,31)9(18,12(25,26)27)35-13(28,29)8(16,17)11(22,23)24/h4H2,1-3H3/t7-,9+/m1/s1. The average molecular weight is 566 g/mol. The summed E-state index contributed by atoms with van der Waals surface area (Å²) in [6, 6.07) is 0. The topological polar surface area (TPSA) is 44.8 Å². The Hall–Kier alpha value is -1.80. The Morgan fingerprint density at radius 1 is 0.600 bits per heavy atom. The molecule has 0 fully saturated rings. The zero-order valence-electron chi connectivity index (χ0n) is 16.8. The summed E-state index contributed by atoms with van der Waals surface area (Å²) in [4.78, 5) is 11.5. The first-order valence-electron chi connectivity index (χ1n) is 8.20. The highest BCUT2D eigenvalue weighted by molar-refractivity contribution is 5.79. The molecular weight excluding hydrogens is 555 g/mol. The smallest absolute Gasteiger partial charge is 0.455 e. The summed E-state index contributed by atoms with van der Waals surface area (Å²) in [5.74, 6) is -26.4. The van der Waals surface area contributed by atoms with Crippen molar-refractivity contribution in [2.24, 2.45) is 0 Å². The van der Waals surface area contributed by atoms with Gasteiger partial charge in [0.15, 0.2) is 0 Å². The lowest BCUT2D eigenvalue weighted by atomic mass is 10.1. The van der Waals surface area contributed by atoms with Crippen molar-refractivity contribution in [2.45, 2.75) is 81.2 Å². The van der Waals surface area contributed by atoms with Gasteiger partial charge in [-0.3, -0.25) is 9.47 Å². The van der Waals surface area contributed by atoms with E-state index in [-0.39, 0.29) is 0 Å². The first-order valence-corrected chi connectivity index (χ1v) is 8.20. The van der Waals surface area contributed by atoms with Crippen LogP contribution in [0.2, 0.25) is 0 Å². The fourth-order valence-electron chi connectivity index (χ4n) is 1.53. The predicted octanol–water partition coefficient (Wildman–Crippen LogP) is 6.59. The van der Waals surface area contributed by atoms with Crippen molar-refractivity contribution in [1.29, 1.82) is 0 Å². The van der Waals surface area contributed by atoms with Gasteiger partial charge in [-0.2, -0.15) is 74.6 Å². The maximum Gasteiger partial charge on any atom is 0.462 e. The number of halogens is 17. The molecule has 0 rings (SSSR count). The molecule has 0 N–H and O–H groups in total. The second kappa shape index (κ2) is 8.94. The van der Waals surface area contributed by atoms with E-state index in [0.29, 0.717) is 13.8 Å². The second-order valence-electron chi connectivity index (χ2n) is 7.00. The van der Waals surface area contributed by atoms with Crippen molar-refractivity contribution < 1.29 is 93.6 Å². The molecule has 4 nitrogen and oxygen atoms in total. The van der Waals surface area contributed by atoms with Gasteiger partial charge in [0.1, 0.15) is 5.60 Å². The lowest BCUT2D eigenvalue weighted by molar-refractivity contribution is -0.549. The minimum Gasteiger partial charge on any atom is -0.455 e. The minimum atomic E-state index is -8.05. The van der Waals surface area contributed by atoms with E-state index in [1.54, 1.807) is 0 Å². The van der Waals surface area contributed by atoms with Crippen LogP contribution in [0, 0.1) is 0 Å². The summed E-state index contributed by atoms with van der Waals surface area (Å²) in [5, 5.41) is 0. The molecule has 0 amide bonds. The Labute approximate surface area is 182 Å². The summed E-state index contributed by atoms with van der Waals surface area (Å²) in [6.07, 6.45) is -39.1. The highest BCUT2D eigenvalue weighted by Crippen LogP contribution is 2.56. The number of esters is 1. The van der Waals surface area contributed by atoms with Gasteiger partial charge in [-0.25, -0.2) is 4.79 Å². The van der Waals surface area contributed by atoms with Gasteiger partial charge in [-0.05, 0) is 20.3 Å². The van der Waals surface area contributed by atoms with E-state index < -0.39 is 66.4 Å². The molecule has 0 saturated carbocycles. The van der Waals surface area contributed by atoms with Gasteiger partial charge in [-0.15, -0.1) is 0 Å². The van der Waals surface area contributed by atoms with Gasteiger partial charge < -0.3 is 4.74 Å². The Balaban J connectivity index is 6.80. The number of ether oxygens (including phenoxy) is 3. The number of carbonyl (C=O) groups excluding carboxylic acids is 1. The molecule has 35 heavy (non-hydrogen) atoms. The Morgan fingerprint density at radius 2 is 1.00 bits per heavy atom. The van der Waals surface area contributed by atoms with Crippen LogP contribution in [0.25, 0.3) is 0 Å². The molecular formula is C14H11F17O4. The third kappa shape index (κ3) is 6.13. The molecule has 0 aliphatic carbocycles. The largest absolute Gasteiger partial charge is 0.462 e. The Morgan fingerprint density at radius 3 is 1.29 bits per heavy atom. The monoisotopic (exact) mass is 566 g/mol. The Bertz CT molecular complexity index is 768. The van der Waals surface area contributed by atoms with Crippen molar-refractivity contribution in [3.8, 4) is 0 Å². The van der Waals surface area contributed by atoms with Gasteiger partial charge in [-0.1, -0.05) is 6.92 Å². The molecule has 0 radical (unpaired) electrons. The molecule has 0 aromatic heterocycles. The highest BCUT2D eigenvalue weighted by Gasteiger charge is 2.85. The van der Waals surface area contributed by atoms with Crippen LogP contribution < -0.4 is 0 Å². The molecule has 0 spiro atoms. The molecule has 0 aliphatic rings. The molecule has 0 heterocycles. The lowest BCUT2D eigenvalue weighted by Crippen LogP contribution is -2.68. The quantitative estimate of drug-likeness (QED) is 0.234. The van der Waals surface area contributed by atoms with E-state index in [9.17, 15) is 79.4 Å². The van der Waals surface area contributed by atoms with Crippen molar-refractivity contribution in [1.82, 2.24) is 0 Å². The minimum absolute atomic E-state index is 0.541. The van der Waals surface area contributed by atoms with E-state index in [1.807, 2.05) is 4.74 Å². The molecule has 0 aliphatic heterocycles. The normalized spacial score (nSPS) is 18.6. The summed E-state index contributed by atoms with van der Waals surface area (Å²) < 4.78 is 228. The van der Waals surface area contributed by atoms with Crippen molar-refractivity contribution in [3.05, 3.63) is 0 Å². The fraction of sp³-hybridized carbons (Fsp3) is 0.929. The summed E-state index contributed by atoms with van der Waals surface area (Å²) in [5.41, 5.74) is -2.21. The van der Waals surface area contributed by atoms with Crippen LogP contribution in [-0.2, 0) is 19.0 Å². The molecule has 21 heteroatoms. The van der Waals surface area contributed by atoms with E-state index in [4.69, 9.17) is 0 Å². The summed E-state index contributed by atoms with van der Waals surface area (Å²) >= 11 is 0. The SMILES string of the molecule is CCC(C)(C)OC(=O)[C@@](F)(OC(F)(F)[C@@](F)(OC(F)(F)C(F)(F)C(F)(F)F)C(F)(F)F)C(F)(F)F.